The summed E-state index contributed by atoms with van der Waals surface area (Å²) in [4.78, 5) is 21.8. The highest BCUT2D eigenvalue weighted by Crippen LogP contribution is 2.35. The molecule has 0 atom stereocenters. The molecule has 2 rings (SSSR count). The van der Waals surface area contributed by atoms with E-state index in [4.69, 9.17) is 0 Å². The molecule has 0 unspecified atom stereocenters. The van der Waals surface area contributed by atoms with Gasteiger partial charge in [-0.2, -0.15) is 0 Å². The van der Waals surface area contributed by atoms with Crippen molar-refractivity contribution in [1.29, 1.82) is 0 Å². The van der Waals surface area contributed by atoms with Crippen LogP contribution < -0.4 is 0 Å². The predicted octanol–water partition coefficient (Wildman–Crippen LogP) is 3.25. The third-order valence-corrected chi connectivity index (χ3v) is 4.05. The van der Waals surface area contributed by atoms with Crippen LogP contribution in [-0.2, 0) is 0 Å². The molecule has 0 bridgehead atoms. The molecule has 2 heterocycles. The van der Waals surface area contributed by atoms with Crippen LogP contribution in [0.5, 0.6) is 0 Å². The van der Waals surface area contributed by atoms with Crippen molar-refractivity contribution >= 4 is 5.91 Å². The van der Waals surface area contributed by atoms with Gasteiger partial charge < -0.3 is 4.90 Å². The Balaban J connectivity index is 1.89. The van der Waals surface area contributed by atoms with E-state index in [1.54, 1.807) is 4.90 Å². The second-order valence-electron chi connectivity index (χ2n) is 7.09. The summed E-state index contributed by atoms with van der Waals surface area (Å²) in [5, 5.41) is 0. The van der Waals surface area contributed by atoms with Gasteiger partial charge in [0.1, 0.15) is 11.4 Å². The van der Waals surface area contributed by atoms with E-state index in [1.807, 2.05) is 0 Å². The summed E-state index contributed by atoms with van der Waals surface area (Å²) in [6, 6.07) is 0. The van der Waals surface area contributed by atoms with Gasteiger partial charge in [0.15, 0.2) is 0 Å². The number of halogens is 1. The molecule has 1 aromatic heterocycles. The van der Waals surface area contributed by atoms with E-state index in [-0.39, 0.29) is 11.3 Å². The zero-order valence-corrected chi connectivity index (χ0v) is 13.1. The zero-order valence-electron chi connectivity index (χ0n) is 13.1. The van der Waals surface area contributed by atoms with Crippen molar-refractivity contribution in [1.82, 2.24) is 14.9 Å². The molecule has 1 aliphatic heterocycles. The fourth-order valence-electron chi connectivity index (χ4n) is 2.53. The molecule has 0 aromatic carbocycles. The normalized spacial score (nSPS) is 18.6. The summed E-state index contributed by atoms with van der Waals surface area (Å²) >= 11 is 0. The fourth-order valence-corrected chi connectivity index (χ4v) is 2.53. The maximum absolute atomic E-state index is 14.8. The first-order valence-corrected chi connectivity index (χ1v) is 7.53. The van der Waals surface area contributed by atoms with Gasteiger partial charge in [-0.05, 0) is 31.1 Å². The Morgan fingerprint density at radius 2 is 2.00 bits per heavy atom. The Bertz CT molecular complexity index is 476. The molecule has 0 saturated carbocycles. The second kappa shape index (κ2) is 6.08. The summed E-state index contributed by atoms with van der Waals surface area (Å²) in [5.74, 6) is -0.152. The van der Waals surface area contributed by atoms with Crippen molar-refractivity contribution in [2.45, 2.75) is 52.1 Å². The second-order valence-corrected chi connectivity index (χ2v) is 7.09. The number of aromatic nitrogens is 2. The number of hydrogen-bond acceptors (Lipinski definition) is 3. The molecule has 0 radical (unpaired) electrons. The van der Waals surface area contributed by atoms with Crippen molar-refractivity contribution in [3.63, 3.8) is 0 Å². The fraction of sp³-hybridized carbons (Fsp3) is 0.688. The smallest absolute Gasteiger partial charge is 0.274 e. The minimum atomic E-state index is -1.13. The summed E-state index contributed by atoms with van der Waals surface area (Å²) in [7, 11) is 0. The van der Waals surface area contributed by atoms with Gasteiger partial charge in [0.2, 0.25) is 0 Å². The maximum atomic E-state index is 14.8. The molecule has 1 saturated heterocycles. The molecule has 116 valence electrons. The molecule has 1 fully saturated rings. The number of alkyl halides is 1. The van der Waals surface area contributed by atoms with Crippen LogP contribution in [0.15, 0.2) is 18.6 Å². The lowest BCUT2D eigenvalue weighted by Crippen LogP contribution is -2.45. The molecule has 1 aliphatic rings. The van der Waals surface area contributed by atoms with Crippen molar-refractivity contribution in [2.75, 3.05) is 13.1 Å². The predicted molar refractivity (Wildman–Crippen MR) is 79.7 cm³/mol. The molecule has 4 nitrogen and oxygen atoms in total. The molecular weight excluding hydrogens is 269 g/mol. The standard InChI is InChI=1S/C16H24FN3O/c1-15(2,3)4-5-16(17)6-10-20(11-7-16)14(21)13-12-18-8-9-19-13/h8-9,12H,4-7,10-11H2,1-3H3. The van der Waals surface area contributed by atoms with E-state index in [0.29, 0.717) is 38.0 Å². The largest absolute Gasteiger partial charge is 0.337 e. The van der Waals surface area contributed by atoms with E-state index >= 15 is 0 Å². The summed E-state index contributed by atoms with van der Waals surface area (Å²) in [6.07, 6.45) is 6.75. The number of carbonyl (C=O) groups is 1. The van der Waals surface area contributed by atoms with Crippen LogP contribution >= 0.6 is 0 Å². The zero-order chi connectivity index (χ0) is 15.5. The van der Waals surface area contributed by atoms with Crippen LogP contribution in [-0.4, -0.2) is 39.5 Å². The first-order valence-electron chi connectivity index (χ1n) is 7.53. The number of rotatable bonds is 3. The molecule has 21 heavy (non-hydrogen) atoms. The lowest BCUT2D eigenvalue weighted by molar-refractivity contribution is 0.0339. The Morgan fingerprint density at radius 1 is 1.33 bits per heavy atom. The number of nitrogens with zero attached hydrogens (tertiary/aromatic N) is 3. The number of likely N-dealkylation sites (tertiary alicyclic amines) is 1. The van der Waals surface area contributed by atoms with Gasteiger partial charge in [0.25, 0.3) is 5.91 Å². The highest BCUT2D eigenvalue weighted by Gasteiger charge is 2.36. The average molecular weight is 293 g/mol. The summed E-state index contributed by atoms with van der Waals surface area (Å²) in [6.45, 7) is 7.29. The Kier molecular flexibility index (Phi) is 4.59. The molecule has 0 N–H and O–H groups in total. The third kappa shape index (κ3) is 4.48. The molecule has 1 aromatic rings. The number of piperidine rings is 1. The van der Waals surface area contributed by atoms with E-state index in [2.05, 4.69) is 30.7 Å². The van der Waals surface area contributed by atoms with E-state index < -0.39 is 5.67 Å². The van der Waals surface area contributed by atoms with Gasteiger partial charge in [0, 0.05) is 25.5 Å². The van der Waals surface area contributed by atoms with Crippen molar-refractivity contribution in [2.24, 2.45) is 5.41 Å². The lowest BCUT2D eigenvalue weighted by Gasteiger charge is -2.37. The molecule has 0 spiro atoms. The highest BCUT2D eigenvalue weighted by atomic mass is 19.1. The Labute approximate surface area is 125 Å². The van der Waals surface area contributed by atoms with Gasteiger partial charge in [0.05, 0.1) is 6.20 Å². The van der Waals surface area contributed by atoms with Gasteiger partial charge in [-0.1, -0.05) is 20.8 Å². The van der Waals surface area contributed by atoms with Gasteiger partial charge >= 0.3 is 0 Å². The SMILES string of the molecule is CC(C)(C)CCC1(F)CCN(C(=O)c2cnccn2)CC1. The summed E-state index contributed by atoms with van der Waals surface area (Å²) < 4.78 is 14.8. The van der Waals surface area contributed by atoms with E-state index in [1.165, 1.54) is 18.6 Å². The molecule has 0 aliphatic carbocycles. The molecule has 1 amide bonds. The van der Waals surface area contributed by atoms with Crippen molar-refractivity contribution in [3.05, 3.63) is 24.3 Å². The van der Waals surface area contributed by atoms with Crippen LogP contribution in [0.2, 0.25) is 0 Å². The minimum Gasteiger partial charge on any atom is -0.337 e. The maximum Gasteiger partial charge on any atom is 0.274 e. The van der Waals surface area contributed by atoms with Gasteiger partial charge in [-0.15, -0.1) is 0 Å². The van der Waals surface area contributed by atoms with Crippen LogP contribution in [0.1, 0.15) is 56.9 Å². The monoisotopic (exact) mass is 293 g/mol. The van der Waals surface area contributed by atoms with Crippen LogP contribution in [0.3, 0.4) is 0 Å². The van der Waals surface area contributed by atoms with Gasteiger partial charge in [-0.3, -0.25) is 9.78 Å². The van der Waals surface area contributed by atoms with Crippen LogP contribution in [0.25, 0.3) is 0 Å². The third-order valence-electron chi connectivity index (χ3n) is 4.05. The minimum absolute atomic E-state index is 0.145. The number of hydrogen-bond donors (Lipinski definition) is 0. The van der Waals surface area contributed by atoms with Gasteiger partial charge in [-0.25, -0.2) is 9.37 Å². The highest BCUT2D eigenvalue weighted by molar-refractivity contribution is 5.92. The van der Waals surface area contributed by atoms with E-state index in [0.717, 1.165) is 6.42 Å². The van der Waals surface area contributed by atoms with Crippen molar-refractivity contribution < 1.29 is 9.18 Å². The Morgan fingerprint density at radius 3 is 2.52 bits per heavy atom. The van der Waals surface area contributed by atoms with E-state index in [9.17, 15) is 9.18 Å². The van der Waals surface area contributed by atoms with Crippen LogP contribution in [0.4, 0.5) is 4.39 Å². The average Bonchev–Trinajstić information content (AvgIpc) is 2.46. The number of carbonyl (C=O) groups excluding carboxylic acids is 1. The lowest BCUT2D eigenvalue weighted by atomic mass is 9.81. The first-order chi connectivity index (χ1) is 9.79. The molecule has 5 heteroatoms. The number of amides is 1. The van der Waals surface area contributed by atoms with Crippen molar-refractivity contribution in [3.8, 4) is 0 Å². The summed E-state index contributed by atoms with van der Waals surface area (Å²) in [5.41, 5.74) is -0.656. The van der Waals surface area contributed by atoms with Crippen LogP contribution in [0, 0.1) is 5.41 Å². The molecular formula is C16H24FN3O. The topological polar surface area (TPSA) is 46.1 Å². The quantitative estimate of drug-likeness (QED) is 0.859. The Hall–Kier alpha value is -1.52. The first kappa shape index (κ1) is 15.9.